The fourth-order valence-corrected chi connectivity index (χ4v) is 4.93. The second kappa shape index (κ2) is 12.1. The number of amides is 3. The number of rotatable bonds is 8. The molecule has 8 nitrogen and oxygen atoms in total. The van der Waals surface area contributed by atoms with Gasteiger partial charge in [-0.15, -0.1) is 0 Å². The van der Waals surface area contributed by atoms with Crippen LogP contribution in [0.3, 0.4) is 0 Å². The number of nitrogens with zero attached hydrogens (tertiary/aromatic N) is 3. The standard InChI is InChI=1S/C29H38N4O4/c1-4-31(5-2)29(36)25-20-23(30-27(34)21-8-6-9-21)12-15-26(25)32-16-7-17-33(19-18-32)28(35)22-10-13-24(37-3)14-11-22/h10-15,20-21H,4-9,16-19H2,1-3H3,(H,30,34). The van der Waals surface area contributed by atoms with Crippen molar-refractivity contribution in [3.63, 3.8) is 0 Å². The van der Waals surface area contributed by atoms with E-state index in [0.717, 1.165) is 43.7 Å². The van der Waals surface area contributed by atoms with Crippen LogP contribution >= 0.6 is 0 Å². The predicted octanol–water partition coefficient (Wildman–Crippen LogP) is 4.27. The minimum atomic E-state index is -0.0462. The number of hydrogen-bond donors (Lipinski definition) is 1. The van der Waals surface area contributed by atoms with Gasteiger partial charge >= 0.3 is 0 Å². The number of hydrogen-bond acceptors (Lipinski definition) is 5. The Morgan fingerprint density at radius 2 is 1.68 bits per heavy atom. The average Bonchev–Trinajstić information content (AvgIpc) is 3.14. The lowest BCUT2D eigenvalue weighted by Crippen LogP contribution is -2.36. The van der Waals surface area contributed by atoms with Gasteiger partial charge in [0, 0.05) is 62.1 Å². The topological polar surface area (TPSA) is 82.2 Å². The van der Waals surface area contributed by atoms with Gasteiger partial charge in [0.25, 0.3) is 11.8 Å². The molecule has 4 rings (SSSR count). The summed E-state index contributed by atoms with van der Waals surface area (Å²) in [5.74, 6) is 0.772. The Hall–Kier alpha value is -3.55. The van der Waals surface area contributed by atoms with Crippen LogP contribution in [0, 0.1) is 5.92 Å². The molecule has 2 aromatic rings. The van der Waals surface area contributed by atoms with E-state index in [-0.39, 0.29) is 23.6 Å². The molecule has 2 aromatic carbocycles. The molecular formula is C29H38N4O4. The van der Waals surface area contributed by atoms with Gasteiger partial charge in [0.15, 0.2) is 0 Å². The van der Waals surface area contributed by atoms with E-state index in [1.165, 1.54) is 0 Å². The zero-order valence-corrected chi connectivity index (χ0v) is 22.2. The second-order valence-corrected chi connectivity index (χ2v) is 9.69. The normalized spacial score (nSPS) is 16.0. The molecule has 0 atom stereocenters. The van der Waals surface area contributed by atoms with Gasteiger partial charge in [-0.1, -0.05) is 6.42 Å². The fourth-order valence-electron chi connectivity index (χ4n) is 4.93. The van der Waals surface area contributed by atoms with Crippen molar-refractivity contribution in [1.29, 1.82) is 0 Å². The second-order valence-electron chi connectivity index (χ2n) is 9.69. The van der Waals surface area contributed by atoms with Crippen LogP contribution in [0.4, 0.5) is 11.4 Å². The molecule has 2 aliphatic rings. The van der Waals surface area contributed by atoms with Gasteiger partial charge in [-0.05, 0) is 75.6 Å². The number of anilines is 2. The zero-order valence-electron chi connectivity index (χ0n) is 22.2. The Kier molecular flexibility index (Phi) is 8.69. The van der Waals surface area contributed by atoms with Gasteiger partial charge in [0.2, 0.25) is 5.91 Å². The van der Waals surface area contributed by atoms with Crippen molar-refractivity contribution in [2.45, 2.75) is 39.5 Å². The third-order valence-electron chi connectivity index (χ3n) is 7.48. The summed E-state index contributed by atoms with van der Waals surface area (Å²) in [6.07, 6.45) is 3.74. The van der Waals surface area contributed by atoms with Crippen molar-refractivity contribution < 1.29 is 19.1 Å². The Labute approximate surface area is 219 Å². The largest absolute Gasteiger partial charge is 0.497 e. The minimum Gasteiger partial charge on any atom is -0.497 e. The van der Waals surface area contributed by atoms with Crippen molar-refractivity contribution in [2.24, 2.45) is 5.92 Å². The Balaban J connectivity index is 1.53. The van der Waals surface area contributed by atoms with Crippen molar-refractivity contribution in [3.8, 4) is 5.75 Å². The molecule has 1 heterocycles. The Morgan fingerprint density at radius 1 is 0.946 bits per heavy atom. The van der Waals surface area contributed by atoms with Crippen LogP contribution in [0.15, 0.2) is 42.5 Å². The van der Waals surface area contributed by atoms with E-state index in [1.807, 2.05) is 36.9 Å². The lowest BCUT2D eigenvalue weighted by atomic mass is 9.85. The maximum atomic E-state index is 13.5. The zero-order chi connectivity index (χ0) is 26.4. The minimum absolute atomic E-state index is 0.00185. The maximum Gasteiger partial charge on any atom is 0.256 e. The molecule has 0 bridgehead atoms. The van der Waals surface area contributed by atoms with Crippen molar-refractivity contribution in [3.05, 3.63) is 53.6 Å². The van der Waals surface area contributed by atoms with Crippen molar-refractivity contribution in [2.75, 3.05) is 56.6 Å². The lowest BCUT2D eigenvalue weighted by Gasteiger charge is -2.29. The molecule has 198 valence electrons. The Morgan fingerprint density at radius 3 is 2.30 bits per heavy atom. The summed E-state index contributed by atoms with van der Waals surface area (Å²) < 4.78 is 5.20. The third-order valence-corrected chi connectivity index (χ3v) is 7.48. The first-order valence-corrected chi connectivity index (χ1v) is 13.4. The molecule has 8 heteroatoms. The number of carbonyl (C=O) groups is 3. The number of ether oxygens (including phenoxy) is 1. The number of benzene rings is 2. The van der Waals surface area contributed by atoms with E-state index in [1.54, 1.807) is 36.3 Å². The summed E-state index contributed by atoms with van der Waals surface area (Å²) in [5, 5.41) is 3.01. The van der Waals surface area contributed by atoms with Crippen molar-refractivity contribution in [1.82, 2.24) is 9.80 Å². The molecule has 2 fully saturated rings. The number of carbonyl (C=O) groups excluding carboxylic acids is 3. The summed E-state index contributed by atoms with van der Waals surface area (Å²) in [5.41, 5.74) is 2.72. The van der Waals surface area contributed by atoms with Crippen LogP contribution in [0.1, 0.15) is 60.2 Å². The van der Waals surface area contributed by atoms with E-state index in [0.29, 0.717) is 49.5 Å². The number of methoxy groups -OCH3 is 1. The molecule has 1 saturated heterocycles. The van der Waals surface area contributed by atoms with Gasteiger partial charge in [-0.3, -0.25) is 14.4 Å². The highest BCUT2D eigenvalue weighted by Crippen LogP contribution is 2.30. The summed E-state index contributed by atoms with van der Waals surface area (Å²) in [4.78, 5) is 45.1. The summed E-state index contributed by atoms with van der Waals surface area (Å²) in [6, 6.07) is 12.8. The molecule has 37 heavy (non-hydrogen) atoms. The fraction of sp³-hybridized carbons (Fsp3) is 0.483. The molecule has 3 amide bonds. The van der Waals surface area contributed by atoms with Crippen LogP contribution < -0.4 is 15.0 Å². The smallest absolute Gasteiger partial charge is 0.256 e. The van der Waals surface area contributed by atoms with E-state index in [2.05, 4.69) is 10.2 Å². The van der Waals surface area contributed by atoms with Gasteiger partial charge in [-0.25, -0.2) is 0 Å². The van der Waals surface area contributed by atoms with E-state index < -0.39 is 0 Å². The molecule has 0 radical (unpaired) electrons. The molecule has 1 aliphatic carbocycles. The summed E-state index contributed by atoms with van der Waals surface area (Å²) in [6.45, 7) is 7.72. The monoisotopic (exact) mass is 506 g/mol. The van der Waals surface area contributed by atoms with E-state index in [9.17, 15) is 14.4 Å². The van der Waals surface area contributed by atoms with E-state index in [4.69, 9.17) is 4.74 Å². The lowest BCUT2D eigenvalue weighted by molar-refractivity contribution is -0.122. The first-order chi connectivity index (χ1) is 17.9. The molecule has 1 saturated carbocycles. The van der Waals surface area contributed by atoms with E-state index >= 15 is 0 Å². The van der Waals surface area contributed by atoms with Crippen molar-refractivity contribution >= 4 is 29.1 Å². The first kappa shape index (κ1) is 26.5. The third kappa shape index (κ3) is 6.06. The SMILES string of the molecule is CCN(CC)C(=O)c1cc(NC(=O)C2CCC2)ccc1N1CCCN(C(=O)c2ccc(OC)cc2)CC1. The van der Waals surface area contributed by atoms with Crippen LogP contribution in [0.25, 0.3) is 0 Å². The van der Waals surface area contributed by atoms with Gasteiger partial charge in [0.05, 0.1) is 12.7 Å². The summed E-state index contributed by atoms with van der Waals surface area (Å²) >= 11 is 0. The highest BCUT2D eigenvalue weighted by Gasteiger charge is 2.27. The highest BCUT2D eigenvalue weighted by molar-refractivity contribution is 6.02. The Bertz CT molecular complexity index is 1110. The predicted molar refractivity (Wildman–Crippen MR) is 145 cm³/mol. The number of nitrogens with one attached hydrogen (secondary N) is 1. The van der Waals surface area contributed by atoms with Crippen LogP contribution in [0.2, 0.25) is 0 Å². The molecular weight excluding hydrogens is 468 g/mol. The summed E-state index contributed by atoms with van der Waals surface area (Å²) in [7, 11) is 1.61. The quantitative estimate of drug-likeness (QED) is 0.578. The van der Waals surface area contributed by atoms with Gasteiger partial charge in [0.1, 0.15) is 5.75 Å². The molecule has 1 N–H and O–H groups in total. The van der Waals surface area contributed by atoms with Crippen LogP contribution in [-0.4, -0.2) is 73.9 Å². The maximum absolute atomic E-state index is 13.5. The molecule has 0 unspecified atom stereocenters. The molecule has 0 aromatic heterocycles. The van der Waals surface area contributed by atoms with Gasteiger partial charge < -0.3 is 24.8 Å². The first-order valence-electron chi connectivity index (χ1n) is 13.4. The molecule has 0 spiro atoms. The highest BCUT2D eigenvalue weighted by atomic mass is 16.5. The van der Waals surface area contributed by atoms with Crippen LogP contribution in [-0.2, 0) is 4.79 Å². The van der Waals surface area contributed by atoms with Crippen LogP contribution in [0.5, 0.6) is 5.75 Å². The molecule has 1 aliphatic heterocycles. The van der Waals surface area contributed by atoms with Gasteiger partial charge in [-0.2, -0.15) is 0 Å². The average molecular weight is 507 g/mol.